The highest BCUT2D eigenvalue weighted by Gasteiger charge is 2.53. The number of ether oxygens (including phenoxy) is 6. The van der Waals surface area contributed by atoms with E-state index in [1.807, 2.05) is 6.08 Å². The highest BCUT2D eigenvalue weighted by Crippen LogP contribution is 2.33. The molecule has 3 aliphatic heterocycles. The molecule has 3 saturated heterocycles. The van der Waals surface area contributed by atoms with Crippen LogP contribution in [0.2, 0.25) is 0 Å². The lowest BCUT2D eigenvalue weighted by Crippen LogP contribution is -2.66. The molecule has 3 fully saturated rings. The van der Waals surface area contributed by atoms with E-state index in [4.69, 9.17) is 28.4 Å². The zero-order valence-electron chi connectivity index (χ0n) is 56.6. The van der Waals surface area contributed by atoms with Gasteiger partial charge in [0.05, 0.1) is 38.6 Å². The first kappa shape index (κ1) is 83.2. The van der Waals surface area contributed by atoms with E-state index in [-0.39, 0.29) is 18.9 Å². The summed E-state index contributed by atoms with van der Waals surface area (Å²) in [6.45, 7) is 1.74. The maximum atomic E-state index is 13.4. The summed E-state index contributed by atoms with van der Waals surface area (Å²) < 4.78 is 34.4. The van der Waals surface area contributed by atoms with Crippen LogP contribution in [0.3, 0.4) is 0 Å². The van der Waals surface area contributed by atoms with Gasteiger partial charge < -0.3 is 89.9 Å². The number of amides is 1. The molecular formula is C72H133NO18. The minimum atomic E-state index is -1.98. The lowest BCUT2D eigenvalue weighted by atomic mass is 9.96. The average molecular weight is 1300 g/mol. The van der Waals surface area contributed by atoms with Gasteiger partial charge >= 0.3 is 0 Å². The van der Waals surface area contributed by atoms with E-state index in [1.54, 1.807) is 6.08 Å². The number of hydrogen-bond donors (Lipinski definition) is 12. The van der Waals surface area contributed by atoms with Gasteiger partial charge in [-0.2, -0.15) is 0 Å². The summed E-state index contributed by atoms with van der Waals surface area (Å²) in [5.74, 6) is -0.284. The third-order valence-corrected chi connectivity index (χ3v) is 18.4. The van der Waals surface area contributed by atoms with Crippen LogP contribution < -0.4 is 5.32 Å². The van der Waals surface area contributed by atoms with Crippen molar-refractivity contribution < 1.29 is 89.4 Å². The maximum absolute atomic E-state index is 13.4. The molecular weight excluding hydrogens is 1170 g/mol. The van der Waals surface area contributed by atoms with Crippen LogP contribution in [0.4, 0.5) is 0 Å². The Morgan fingerprint density at radius 3 is 1.10 bits per heavy atom. The molecule has 3 rings (SSSR count). The minimum absolute atomic E-state index is 0.236. The van der Waals surface area contributed by atoms with Crippen molar-refractivity contribution in [3.63, 3.8) is 0 Å². The molecule has 0 saturated carbocycles. The lowest BCUT2D eigenvalue weighted by molar-refractivity contribution is -0.379. The fourth-order valence-electron chi connectivity index (χ4n) is 12.5. The van der Waals surface area contributed by atoms with Crippen molar-refractivity contribution >= 4 is 5.91 Å². The van der Waals surface area contributed by atoms with Gasteiger partial charge in [-0.25, -0.2) is 0 Å². The molecule has 12 N–H and O–H groups in total. The normalized spacial score (nSPS) is 28.0. The number of allylic oxidation sites excluding steroid dienone is 5. The van der Waals surface area contributed by atoms with Gasteiger partial charge in [0.15, 0.2) is 18.9 Å². The Morgan fingerprint density at radius 2 is 0.703 bits per heavy atom. The Labute approximate surface area is 549 Å². The van der Waals surface area contributed by atoms with Crippen LogP contribution >= 0.6 is 0 Å². The third-order valence-electron chi connectivity index (χ3n) is 18.4. The molecule has 0 aromatic rings. The summed E-state index contributed by atoms with van der Waals surface area (Å²) in [7, 11) is 0. The Kier molecular flexibility index (Phi) is 49.5. The van der Waals surface area contributed by atoms with E-state index in [9.17, 15) is 61.0 Å². The molecule has 0 aromatic carbocycles. The molecule has 0 aromatic heterocycles. The second-order valence-corrected chi connectivity index (χ2v) is 26.4. The Morgan fingerprint density at radius 1 is 0.385 bits per heavy atom. The summed E-state index contributed by atoms with van der Waals surface area (Å²) in [5.41, 5.74) is 0. The van der Waals surface area contributed by atoms with Crippen LogP contribution in [0.1, 0.15) is 284 Å². The number of carbonyl (C=O) groups excluding carboxylic acids is 1. The van der Waals surface area contributed by atoms with E-state index in [2.05, 4.69) is 43.5 Å². The fraction of sp³-hybridized carbons (Fsp3) is 0.903. The summed E-state index contributed by atoms with van der Waals surface area (Å²) in [4.78, 5) is 13.4. The summed E-state index contributed by atoms with van der Waals surface area (Å²) in [6.07, 6.45) is 37.0. The van der Waals surface area contributed by atoms with Crippen molar-refractivity contribution in [1.29, 1.82) is 0 Å². The molecule has 0 spiro atoms. The number of carbonyl (C=O) groups is 1. The number of aliphatic hydroxyl groups is 11. The lowest BCUT2D eigenvalue weighted by Gasteiger charge is -2.48. The standard InChI is InChI=1S/C72H133NO18/c1-3-5-7-9-11-13-15-17-19-21-23-25-26-27-28-30-32-34-36-38-40-42-44-46-48-50-60(78)73-55(56(77)49-47-45-43-41-39-37-35-33-31-29-24-22-20-18-16-14-12-10-8-6-4-2)54-86-70-66(84)63(81)68(58(52-75)88-70)91-72-67(85)64(82)69(59(53-76)89-72)90-71-65(83)62(80)61(79)57(51-74)87-71/h31,33,39,41,47,49,55-59,61-72,74-77,79-85H,3-30,32,34-38,40,42-46,48,50-54H2,1-2H3,(H,73,78)/b33-31+,41-39+,49-47+. The van der Waals surface area contributed by atoms with Crippen LogP contribution in [0.15, 0.2) is 36.5 Å². The molecule has 1 amide bonds. The van der Waals surface area contributed by atoms with Gasteiger partial charge in [-0.15, -0.1) is 0 Å². The molecule has 0 bridgehead atoms. The average Bonchev–Trinajstić information content (AvgIpc) is 0.887. The Hall–Kier alpha value is -1.99. The summed E-state index contributed by atoms with van der Waals surface area (Å²) in [5, 5.41) is 121. The first-order valence-corrected chi connectivity index (χ1v) is 36.7. The number of unbranched alkanes of at least 4 members (excludes halogenated alkanes) is 37. The van der Waals surface area contributed by atoms with Gasteiger partial charge in [-0.3, -0.25) is 4.79 Å². The fourth-order valence-corrected chi connectivity index (χ4v) is 12.5. The van der Waals surface area contributed by atoms with E-state index in [0.717, 1.165) is 44.9 Å². The third kappa shape index (κ3) is 35.7. The van der Waals surface area contributed by atoms with Crippen LogP contribution in [-0.2, 0) is 33.2 Å². The smallest absolute Gasteiger partial charge is 0.220 e. The highest BCUT2D eigenvalue weighted by atomic mass is 16.8. The van der Waals surface area contributed by atoms with E-state index >= 15 is 0 Å². The summed E-state index contributed by atoms with van der Waals surface area (Å²) >= 11 is 0. The number of hydrogen-bond acceptors (Lipinski definition) is 18. The van der Waals surface area contributed by atoms with Crippen molar-refractivity contribution in [2.45, 2.75) is 388 Å². The van der Waals surface area contributed by atoms with Crippen LogP contribution in [0.25, 0.3) is 0 Å². The van der Waals surface area contributed by atoms with Crippen molar-refractivity contribution in [2.75, 3.05) is 26.4 Å². The van der Waals surface area contributed by atoms with E-state index < -0.39 is 124 Å². The van der Waals surface area contributed by atoms with Gasteiger partial charge in [0.25, 0.3) is 0 Å². The van der Waals surface area contributed by atoms with Crippen molar-refractivity contribution in [3.05, 3.63) is 36.5 Å². The molecule has 0 aliphatic carbocycles. The second kappa shape index (κ2) is 54.1. The largest absolute Gasteiger partial charge is 0.394 e. The first-order chi connectivity index (χ1) is 44.3. The van der Waals surface area contributed by atoms with Gasteiger partial charge in [0.1, 0.15) is 73.2 Å². The topological polar surface area (TPSA) is 307 Å². The molecule has 3 heterocycles. The molecule has 91 heavy (non-hydrogen) atoms. The predicted molar refractivity (Wildman–Crippen MR) is 356 cm³/mol. The molecule has 17 atom stereocenters. The predicted octanol–water partition coefficient (Wildman–Crippen LogP) is 10.4. The molecule has 19 nitrogen and oxygen atoms in total. The van der Waals surface area contributed by atoms with Gasteiger partial charge in [0.2, 0.25) is 5.91 Å². The van der Waals surface area contributed by atoms with Gasteiger partial charge in [-0.05, 0) is 44.9 Å². The van der Waals surface area contributed by atoms with Crippen LogP contribution in [-0.4, -0.2) is 193 Å². The monoisotopic (exact) mass is 1300 g/mol. The molecule has 17 unspecified atom stereocenters. The number of rotatable bonds is 57. The SMILES string of the molecule is CCCCCCCCCCCCC/C=C/CC/C=C/CC/C=C/C(O)C(COC1OC(CO)C(OC2OC(CO)C(OC3OC(CO)C(O)C(O)C3O)C(O)C2O)C(O)C1O)NC(=O)CCCCCCCCCCCCCCCCCCCCCCCCCCC. The van der Waals surface area contributed by atoms with Crippen LogP contribution in [0.5, 0.6) is 0 Å². The Balaban J connectivity index is 1.43. The van der Waals surface area contributed by atoms with Gasteiger partial charge in [0, 0.05) is 6.42 Å². The zero-order valence-corrected chi connectivity index (χ0v) is 56.6. The quantitative estimate of drug-likeness (QED) is 0.0199. The number of aliphatic hydroxyl groups excluding tert-OH is 11. The minimum Gasteiger partial charge on any atom is -0.394 e. The van der Waals surface area contributed by atoms with E-state index in [0.29, 0.717) is 12.8 Å². The van der Waals surface area contributed by atoms with Gasteiger partial charge in [-0.1, -0.05) is 269 Å². The molecule has 0 radical (unpaired) electrons. The second-order valence-electron chi connectivity index (χ2n) is 26.4. The highest BCUT2D eigenvalue weighted by molar-refractivity contribution is 5.76. The van der Waals surface area contributed by atoms with Crippen LogP contribution in [0, 0.1) is 0 Å². The van der Waals surface area contributed by atoms with Crippen molar-refractivity contribution in [3.8, 4) is 0 Å². The summed E-state index contributed by atoms with van der Waals surface area (Å²) in [6, 6.07) is -0.995. The molecule has 19 heteroatoms. The Bertz CT molecular complexity index is 1790. The maximum Gasteiger partial charge on any atom is 0.220 e. The van der Waals surface area contributed by atoms with E-state index in [1.165, 1.54) is 205 Å². The number of nitrogens with one attached hydrogen (secondary N) is 1. The van der Waals surface area contributed by atoms with Crippen molar-refractivity contribution in [1.82, 2.24) is 5.32 Å². The van der Waals surface area contributed by atoms with Crippen molar-refractivity contribution in [2.24, 2.45) is 0 Å². The molecule has 534 valence electrons. The molecule has 3 aliphatic rings. The zero-order chi connectivity index (χ0) is 66.1. The first-order valence-electron chi connectivity index (χ1n) is 36.7.